The van der Waals surface area contributed by atoms with Crippen molar-refractivity contribution in [1.82, 2.24) is 9.97 Å². The highest BCUT2D eigenvalue weighted by molar-refractivity contribution is 5.32. The molecule has 3 heteroatoms. The molecular weight excluding hydrogens is 174 g/mol. The van der Waals surface area contributed by atoms with Crippen molar-refractivity contribution in [2.45, 2.75) is 26.7 Å². The Balaban J connectivity index is 1.84. The summed E-state index contributed by atoms with van der Waals surface area (Å²) in [5.74, 6) is 3.50. The van der Waals surface area contributed by atoms with Crippen LogP contribution in [0.2, 0.25) is 0 Å². The monoisotopic (exact) mass is 191 g/mol. The fraction of sp³-hybridized carbons (Fsp3) is 0.636. The highest BCUT2D eigenvalue weighted by atomic mass is 15.0. The number of nitrogens with zero attached hydrogens (tertiary/aromatic N) is 2. The number of hydrogen-bond acceptors (Lipinski definition) is 3. The van der Waals surface area contributed by atoms with Gasteiger partial charge in [-0.2, -0.15) is 0 Å². The van der Waals surface area contributed by atoms with Crippen LogP contribution in [0.1, 0.15) is 25.6 Å². The van der Waals surface area contributed by atoms with E-state index in [2.05, 4.69) is 22.2 Å². The second kappa shape index (κ2) is 3.95. The predicted octanol–water partition coefficient (Wildman–Crippen LogP) is 2.24. The molecule has 1 aromatic heterocycles. The van der Waals surface area contributed by atoms with Gasteiger partial charge in [-0.3, -0.25) is 0 Å². The molecule has 0 saturated heterocycles. The molecule has 0 spiro atoms. The normalized spacial score (nSPS) is 17.9. The summed E-state index contributed by atoms with van der Waals surface area (Å²) in [5, 5.41) is 3.36. The van der Waals surface area contributed by atoms with Crippen LogP contribution in [-0.2, 0) is 0 Å². The molecule has 1 unspecified atom stereocenters. The van der Waals surface area contributed by atoms with Crippen LogP contribution in [0.5, 0.6) is 0 Å². The first-order valence-electron chi connectivity index (χ1n) is 5.29. The lowest BCUT2D eigenvalue weighted by atomic mass is 10.1. The Bertz CT molecular complexity index is 307. The van der Waals surface area contributed by atoms with Gasteiger partial charge in [-0.15, -0.1) is 0 Å². The molecule has 1 aliphatic carbocycles. The van der Waals surface area contributed by atoms with Gasteiger partial charge in [-0.1, -0.05) is 6.92 Å². The Morgan fingerprint density at radius 3 is 3.00 bits per heavy atom. The van der Waals surface area contributed by atoms with E-state index in [0.717, 1.165) is 30.0 Å². The maximum absolute atomic E-state index is 4.30. The third-order valence-corrected chi connectivity index (χ3v) is 2.81. The number of hydrogen-bond donors (Lipinski definition) is 1. The van der Waals surface area contributed by atoms with Gasteiger partial charge in [-0.25, -0.2) is 9.97 Å². The van der Waals surface area contributed by atoms with E-state index in [1.54, 1.807) is 6.20 Å². The number of rotatable bonds is 4. The number of anilines is 1. The van der Waals surface area contributed by atoms with Gasteiger partial charge >= 0.3 is 0 Å². The molecule has 0 aliphatic heterocycles. The van der Waals surface area contributed by atoms with E-state index in [-0.39, 0.29) is 0 Å². The fourth-order valence-electron chi connectivity index (χ4n) is 1.65. The quantitative estimate of drug-likeness (QED) is 0.793. The van der Waals surface area contributed by atoms with Crippen molar-refractivity contribution < 1.29 is 0 Å². The molecule has 0 amide bonds. The second-order valence-electron chi connectivity index (χ2n) is 4.18. The molecule has 0 radical (unpaired) electrons. The summed E-state index contributed by atoms with van der Waals surface area (Å²) in [7, 11) is 0. The topological polar surface area (TPSA) is 37.8 Å². The smallest absolute Gasteiger partial charge is 0.129 e. The van der Waals surface area contributed by atoms with E-state index in [4.69, 9.17) is 0 Å². The molecule has 1 fully saturated rings. The van der Waals surface area contributed by atoms with Crippen molar-refractivity contribution in [3.8, 4) is 0 Å². The molecule has 0 aromatic carbocycles. The Kier molecular flexibility index (Phi) is 2.66. The van der Waals surface area contributed by atoms with Crippen LogP contribution in [0.3, 0.4) is 0 Å². The van der Waals surface area contributed by atoms with E-state index in [1.165, 1.54) is 12.8 Å². The summed E-state index contributed by atoms with van der Waals surface area (Å²) < 4.78 is 0. The zero-order valence-corrected chi connectivity index (χ0v) is 8.83. The van der Waals surface area contributed by atoms with Gasteiger partial charge in [0.15, 0.2) is 0 Å². The lowest BCUT2D eigenvalue weighted by Gasteiger charge is -2.11. The molecular formula is C11H17N3. The molecule has 1 aliphatic rings. The Morgan fingerprint density at radius 2 is 2.36 bits per heavy atom. The predicted molar refractivity (Wildman–Crippen MR) is 57.1 cm³/mol. The third-order valence-electron chi connectivity index (χ3n) is 2.81. The zero-order valence-electron chi connectivity index (χ0n) is 8.83. The van der Waals surface area contributed by atoms with Crippen LogP contribution in [0.15, 0.2) is 12.3 Å². The van der Waals surface area contributed by atoms with Gasteiger partial charge in [0, 0.05) is 12.7 Å². The van der Waals surface area contributed by atoms with Crippen molar-refractivity contribution in [2.75, 3.05) is 11.9 Å². The van der Waals surface area contributed by atoms with E-state index in [0.29, 0.717) is 0 Å². The van der Waals surface area contributed by atoms with Crippen molar-refractivity contribution in [3.63, 3.8) is 0 Å². The molecule has 1 heterocycles. The average molecular weight is 191 g/mol. The van der Waals surface area contributed by atoms with Crippen molar-refractivity contribution in [1.29, 1.82) is 0 Å². The molecule has 1 N–H and O–H groups in total. The minimum atomic E-state index is 0.769. The van der Waals surface area contributed by atoms with Crippen LogP contribution in [0.4, 0.5) is 5.82 Å². The highest BCUT2D eigenvalue weighted by Gasteiger charge is 2.27. The molecule has 14 heavy (non-hydrogen) atoms. The number of nitrogens with one attached hydrogen (secondary N) is 1. The van der Waals surface area contributed by atoms with Gasteiger partial charge in [0.1, 0.15) is 11.6 Å². The minimum Gasteiger partial charge on any atom is -0.370 e. The van der Waals surface area contributed by atoms with Gasteiger partial charge in [0.2, 0.25) is 0 Å². The number of aromatic nitrogens is 2. The molecule has 3 nitrogen and oxygen atoms in total. The highest BCUT2D eigenvalue weighted by Crippen LogP contribution is 2.36. The third kappa shape index (κ3) is 2.44. The molecule has 1 aromatic rings. The van der Waals surface area contributed by atoms with Gasteiger partial charge < -0.3 is 5.32 Å². The Labute approximate surface area is 85.0 Å². The standard InChI is InChI=1S/C11H17N3/c1-8(10-3-4-10)7-13-11-5-6-12-9(2)14-11/h5-6,8,10H,3-4,7H2,1-2H3,(H,12,13,14). The second-order valence-corrected chi connectivity index (χ2v) is 4.18. The summed E-state index contributed by atoms with van der Waals surface area (Å²) in [4.78, 5) is 8.37. The SMILES string of the molecule is Cc1nccc(NCC(C)C2CC2)n1. The summed E-state index contributed by atoms with van der Waals surface area (Å²) in [5.41, 5.74) is 0. The average Bonchev–Trinajstić information content (AvgIpc) is 2.97. The van der Waals surface area contributed by atoms with Crippen LogP contribution >= 0.6 is 0 Å². The van der Waals surface area contributed by atoms with Gasteiger partial charge in [-0.05, 0) is 37.7 Å². The van der Waals surface area contributed by atoms with Crippen molar-refractivity contribution >= 4 is 5.82 Å². The lowest BCUT2D eigenvalue weighted by molar-refractivity contribution is 0.536. The first kappa shape index (κ1) is 9.44. The van der Waals surface area contributed by atoms with E-state index < -0.39 is 0 Å². The summed E-state index contributed by atoms with van der Waals surface area (Å²) >= 11 is 0. The summed E-state index contributed by atoms with van der Waals surface area (Å²) in [6.07, 6.45) is 4.61. The fourth-order valence-corrected chi connectivity index (χ4v) is 1.65. The van der Waals surface area contributed by atoms with Crippen molar-refractivity contribution in [2.24, 2.45) is 11.8 Å². The molecule has 76 valence electrons. The van der Waals surface area contributed by atoms with Crippen LogP contribution in [-0.4, -0.2) is 16.5 Å². The lowest BCUT2D eigenvalue weighted by Crippen LogP contribution is -2.13. The summed E-state index contributed by atoms with van der Waals surface area (Å²) in [6, 6.07) is 1.92. The largest absolute Gasteiger partial charge is 0.370 e. The zero-order chi connectivity index (χ0) is 9.97. The molecule has 1 atom stereocenters. The van der Waals surface area contributed by atoms with Crippen LogP contribution in [0, 0.1) is 18.8 Å². The Hall–Kier alpha value is -1.12. The maximum Gasteiger partial charge on any atom is 0.129 e. The van der Waals surface area contributed by atoms with Crippen molar-refractivity contribution in [3.05, 3.63) is 18.1 Å². The van der Waals surface area contributed by atoms with E-state index in [1.807, 2.05) is 13.0 Å². The Morgan fingerprint density at radius 1 is 1.57 bits per heavy atom. The molecule has 1 saturated carbocycles. The number of aryl methyl sites for hydroxylation is 1. The molecule has 0 bridgehead atoms. The van der Waals surface area contributed by atoms with E-state index >= 15 is 0 Å². The first-order chi connectivity index (χ1) is 6.75. The molecule has 2 rings (SSSR count). The van der Waals surface area contributed by atoms with Gasteiger partial charge in [0.05, 0.1) is 0 Å². The van der Waals surface area contributed by atoms with Gasteiger partial charge in [0.25, 0.3) is 0 Å². The minimum absolute atomic E-state index is 0.769. The van der Waals surface area contributed by atoms with E-state index in [9.17, 15) is 0 Å². The first-order valence-corrected chi connectivity index (χ1v) is 5.29. The van der Waals surface area contributed by atoms with Crippen LogP contribution < -0.4 is 5.32 Å². The summed E-state index contributed by atoms with van der Waals surface area (Å²) in [6.45, 7) is 5.25. The van der Waals surface area contributed by atoms with Crippen LogP contribution in [0.25, 0.3) is 0 Å². The maximum atomic E-state index is 4.30.